The molecule has 1 N–H and O–H groups in total. The molecule has 92 valence electrons. The van der Waals surface area contributed by atoms with E-state index in [9.17, 15) is 5.11 Å². The van der Waals surface area contributed by atoms with Crippen LogP contribution in [0, 0.1) is 0 Å². The minimum atomic E-state index is -0.453. The molecule has 0 aliphatic heterocycles. The number of aryl methyl sites for hydroxylation is 1. The Labute approximate surface area is 105 Å². The van der Waals surface area contributed by atoms with Crippen LogP contribution in [0.3, 0.4) is 0 Å². The molecular formula is C11H20BrN3O. The predicted octanol–water partition coefficient (Wildman–Crippen LogP) is 2.04. The highest BCUT2D eigenvalue weighted by Crippen LogP contribution is 2.25. The lowest BCUT2D eigenvalue weighted by atomic mass is 10.2. The van der Waals surface area contributed by atoms with Crippen LogP contribution in [0.15, 0.2) is 10.7 Å². The number of nitrogens with zero attached hydrogens (tertiary/aromatic N) is 3. The fraction of sp³-hybridized carbons (Fsp3) is 0.727. The van der Waals surface area contributed by atoms with Gasteiger partial charge in [0, 0.05) is 13.1 Å². The molecule has 0 aliphatic carbocycles. The summed E-state index contributed by atoms with van der Waals surface area (Å²) in [6, 6.07) is 0. The first-order valence-corrected chi connectivity index (χ1v) is 6.39. The highest BCUT2D eigenvalue weighted by molar-refractivity contribution is 9.10. The summed E-state index contributed by atoms with van der Waals surface area (Å²) in [5.74, 6) is 0. The topological polar surface area (TPSA) is 41.3 Å². The summed E-state index contributed by atoms with van der Waals surface area (Å²) < 4.78 is 2.77. The Morgan fingerprint density at radius 3 is 2.81 bits per heavy atom. The lowest BCUT2D eigenvalue weighted by Gasteiger charge is -2.16. The van der Waals surface area contributed by atoms with Gasteiger partial charge in [-0.05, 0) is 42.9 Å². The molecule has 0 saturated carbocycles. The normalized spacial score (nSPS) is 13.4. The summed E-state index contributed by atoms with van der Waals surface area (Å²) in [6.07, 6.45) is 3.04. The number of halogens is 1. The van der Waals surface area contributed by atoms with Gasteiger partial charge in [-0.2, -0.15) is 5.10 Å². The van der Waals surface area contributed by atoms with Gasteiger partial charge in [0.05, 0.1) is 22.5 Å². The van der Waals surface area contributed by atoms with E-state index in [1.54, 1.807) is 6.20 Å². The van der Waals surface area contributed by atoms with Gasteiger partial charge in [0.15, 0.2) is 0 Å². The van der Waals surface area contributed by atoms with Crippen LogP contribution in [0.25, 0.3) is 0 Å². The quantitative estimate of drug-likeness (QED) is 0.871. The van der Waals surface area contributed by atoms with E-state index in [2.05, 4.69) is 32.9 Å². The first kappa shape index (κ1) is 13.7. The summed E-state index contributed by atoms with van der Waals surface area (Å²) in [7, 11) is 4.01. The molecule has 4 nitrogen and oxygen atoms in total. The Bertz CT molecular complexity index is 325. The third kappa shape index (κ3) is 3.57. The Hall–Kier alpha value is -0.390. The highest BCUT2D eigenvalue weighted by atomic mass is 79.9. The van der Waals surface area contributed by atoms with Crippen molar-refractivity contribution in [3.05, 3.63) is 16.4 Å². The number of aliphatic hydroxyl groups excluding tert-OH is 1. The van der Waals surface area contributed by atoms with Crippen LogP contribution in [0.4, 0.5) is 0 Å². The monoisotopic (exact) mass is 289 g/mol. The molecule has 16 heavy (non-hydrogen) atoms. The van der Waals surface area contributed by atoms with Gasteiger partial charge < -0.3 is 10.0 Å². The maximum absolute atomic E-state index is 10.1. The van der Waals surface area contributed by atoms with Gasteiger partial charge in [0.1, 0.15) is 0 Å². The summed E-state index contributed by atoms with van der Waals surface area (Å²) in [4.78, 5) is 2.07. The molecule has 1 aromatic rings. The molecule has 0 spiro atoms. The van der Waals surface area contributed by atoms with Gasteiger partial charge >= 0.3 is 0 Å². The minimum absolute atomic E-state index is 0.453. The number of hydrogen-bond acceptors (Lipinski definition) is 3. The van der Waals surface area contributed by atoms with Crippen LogP contribution in [-0.2, 0) is 6.54 Å². The van der Waals surface area contributed by atoms with E-state index in [0.717, 1.165) is 36.1 Å². The zero-order valence-corrected chi connectivity index (χ0v) is 11.7. The standard InChI is InChI=1S/C11H20BrN3O/c1-4-6-15-11(9(12)8-13-15)10(16)5-7-14(2)3/h8,10,16H,4-7H2,1-3H3. The fourth-order valence-electron chi connectivity index (χ4n) is 1.61. The molecule has 0 saturated heterocycles. The first-order valence-electron chi connectivity index (χ1n) is 5.60. The molecule has 0 bridgehead atoms. The third-order valence-electron chi connectivity index (χ3n) is 2.43. The number of rotatable bonds is 6. The van der Waals surface area contributed by atoms with E-state index < -0.39 is 6.10 Å². The maximum atomic E-state index is 10.1. The van der Waals surface area contributed by atoms with Crippen molar-refractivity contribution in [2.24, 2.45) is 0 Å². The van der Waals surface area contributed by atoms with Crippen molar-refractivity contribution < 1.29 is 5.11 Å². The second-order valence-corrected chi connectivity index (χ2v) is 5.06. The molecule has 5 heteroatoms. The molecule has 0 aliphatic rings. The molecule has 1 rings (SSSR count). The number of hydrogen-bond donors (Lipinski definition) is 1. The van der Waals surface area contributed by atoms with Gasteiger partial charge in [0.25, 0.3) is 0 Å². The van der Waals surface area contributed by atoms with Crippen molar-refractivity contribution >= 4 is 15.9 Å². The molecule has 0 amide bonds. The van der Waals surface area contributed by atoms with E-state index >= 15 is 0 Å². The van der Waals surface area contributed by atoms with Gasteiger partial charge in [0.2, 0.25) is 0 Å². The summed E-state index contributed by atoms with van der Waals surface area (Å²) in [6.45, 7) is 3.82. The van der Waals surface area contributed by atoms with Crippen LogP contribution in [0.5, 0.6) is 0 Å². The SMILES string of the molecule is CCCn1ncc(Br)c1C(O)CCN(C)C. The van der Waals surface area contributed by atoms with Crippen molar-refractivity contribution in [3.8, 4) is 0 Å². The van der Waals surface area contributed by atoms with Crippen molar-refractivity contribution in [3.63, 3.8) is 0 Å². The fourth-order valence-corrected chi connectivity index (χ4v) is 2.17. The van der Waals surface area contributed by atoms with Crippen molar-refractivity contribution in [1.82, 2.24) is 14.7 Å². The number of aromatic nitrogens is 2. The molecule has 0 fully saturated rings. The second kappa shape index (κ2) is 6.37. The number of aliphatic hydroxyl groups is 1. The maximum Gasteiger partial charge on any atom is 0.0980 e. The molecule has 0 aromatic carbocycles. The van der Waals surface area contributed by atoms with Crippen molar-refractivity contribution in [2.75, 3.05) is 20.6 Å². The van der Waals surface area contributed by atoms with Gasteiger partial charge in [-0.3, -0.25) is 4.68 Å². The van der Waals surface area contributed by atoms with Crippen LogP contribution in [-0.4, -0.2) is 40.4 Å². The van der Waals surface area contributed by atoms with Gasteiger partial charge in [-0.1, -0.05) is 6.92 Å². The zero-order valence-electron chi connectivity index (χ0n) is 10.1. The van der Waals surface area contributed by atoms with E-state index in [1.807, 2.05) is 18.8 Å². The molecule has 1 aromatic heterocycles. The van der Waals surface area contributed by atoms with Crippen LogP contribution in [0.1, 0.15) is 31.6 Å². The van der Waals surface area contributed by atoms with Crippen LogP contribution < -0.4 is 0 Å². The molecule has 0 radical (unpaired) electrons. The second-order valence-electron chi connectivity index (χ2n) is 4.21. The molecule has 1 atom stereocenters. The minimum Gasteiger partial charge on any atom is -0.387 e. The molecule has 1 unspecified atom stereocenters. The average Bonchev–Trinajstić information content (AvgIpc) is 2.57. The summed E-state index contributed by atoms with van der Waals surface area (Å²) in [5.41, 5.74) is 0.892. The first-order chi connectivity index (χ1) is 7.56. The van der Waals surface area contributed by atoms with Crippen molar-refractivity contribution in [2.45, 2.75) is 32.4 Å². The Morgan fingerprint density at radius 1 is 1.56 bits per heavy atom. The Kier molecular flexibility index (Phi) is 5.44. The largest absolute Gasteiger partial charge is 0.387 e. The predicted molar refractivity (Wildman–Crippen MR) is 68.3 cm³/mol. The van der Waals surface area contributed by atoms with Crippen LogP contribution >= 0.6 is 15.9 Å². The van der Waals surface area contributed by atoms with Gasteiger partial charge in [-0.25, -0.2) is 0 Å². The third-order valence-corrected chi connectivity index (χ3v) is 3.05. The van der Waals surface area contributed by atoms with Crippen molar-refractivity contribution in [1.29, 1.82) is 0 Å². The average molecular weight is 290 g/mol. The van der Waals surface area contributed by atoms with Gasteiger partial charge in [-0.15, -0.1) is 0 Å². The molecule has 1 heterocycles. The van der Waals surface area contributed by atoms with E-state index in [4.69, 9.17) is 0 Å². The highest BCUT2D eigenvalue weighted by Gasteiger charge is 2.17. The van der Waals surface area contributed by atoms with Crippen LogP contribution in [0.2, 0.25) is 0 Å². The lowest BCUT2D eigenvalue weighted by molar-refractivity contribution is 0.143. The molecular weight excluding hydrogens is 270 g/mol. The van der Waals surface area contributed by atoms with E-state index in [1.165, 1.54) is 0 Å². The Morgan fingerprint density at radius 2 is 2.25 bits per heavy atom. The lowest BCUT2D eigenvalue weighted by Crippen LogP contribution is -2.18. The summed E-state index contributed by atoms with van der Waals surface area (Å²) >= 11 is 3.44. The van der Waals surface area contributed by atoms with E-state index in [0.29, 0.717) is 0 Å². The Balaban J connectivity index is 2.72. The zero-order chi connectivity index (χ0) is 12.1. The summed E-state index contributed by atoms with van der Waals surface area (Å²) in [5, 5.41) is 14.4. The smallest absolute Gasteiger partial charge is 0.0980 e. The van der Waals surface area contributed by atoms with E-state index in [-0.39, 0.29) is 0 Å².